The van der Waals surface area contributed by atoms with Gasteiger partial charge in [-0.1, -0.05) is 23.9 Å². The van der Waals surface area contributed by atoms with Gasteiger partial charge < -0.3 is 10.3 Å². The van der Waals surface area contributed by atoms with Crippen molar-refractivity contribution in [1.82, 2.24) is 15.3 Å². The quantitative estimate of drug-likeness (QED) is 0.641. The van der Waals surface area contributed by atoms with E-state index in [-0.39, 0.29) is 17.0 Å². The van der Waals surface area contributed by atoms with E-state index in [1.807, 2.05) is 18.2 Å². The summed E-state index contributed by atoms with van der Waals surface area (Å²) in [6, 6.07) is 7.27. The number of para-hydroxylation sites is 1. The number of amides is 1. The van der Waals surface area contributed by atoms with Crippen molar-refractivity contribution in [1.29, 1.82) is 0 Å². The summed E-state index contributed by atoms with van der Waals surface area (Å²) in [5.74, 6) is 2.80. The molecule has 1 aromatic carbocycles. The lowest BCUT2D eigenvalue weighted by Gasteiger charge is -2.56. The molecule has 6 heteroatoms. The van der Waals surface area contributed by atoms with Crippen LogP contribution in [0.25, 0.3) is 10.9 Å². The first-order valence-electron chi connectivity index (χ1n) is 9.51. The van der Waals surface area contributed by atoms with Gasteiger partial charge >= 0.3 is 0 Å². The molecule has 0 saturated heterocycles. The Kier molecular flexibility index (Phi) is 3.85. The minimum absolute atomic E-state index is 0.0383. The predicted molar refractivity (Wildman–Crippen MR) is 102 cm³/mol. The van der Waals surface area contributed by atoms with Gasteiger partial charge in [0.1, 0.15) is 0 Å². The molecule has 2 aromatic rings. The van der Waals surface area contributed by atoms with Crippen molar-refractivity contribution >= 4 is 28.6 Å². The molecular formula is C20H23N3O2S. The van der Waals surface area contributed by atoms with Crippen LogP contribution >= 0.6 is 11.8 Å². The Bertz CT molecular complexity index is 887. The van der Waals surface area contributed by atoms with Gasteiger partial charge in [-0.3, -0.25) is 9.59 Å². The number of hydrogen-bond donors (Lipinski definition) is 2. The maximum atomic E-state index is 12.6. The minimum Gasteiger partial charge on any atom is -0.350 e. The van der Waals surface area contributed by atoms with Crippen molar-refractivity contribution in [2.75, 3.05) is 5.75 Å². The molecule has 4 aliphatic carbocycles. The first kappa shape index (κ1) is 16.4. The summed E-state index contributed by atoms with van der Waals surface area (Å²) in [5, 5.41) is 4.45. The first-order chi connectivity index (χ1) is 12.6. The van der Waals surface area contributed by atoms with Crippen LogP contribution in [0.5, 0.6) is 0 Å². The highest BCUT2D eigenvalue weighted by molar-refractivity contribution is 7.99. The Labute approximate surface area is 156 Å². The molecule has 2 N–H and O–H groups in total. The van der Waals surface area contributed by atoms with Gasteiger partial charge in [-0.25, -0.2) is 4.98 Å². The highest BCUT2D eigenvalue weighted by Crippen LogP contribution is 2.55. The number of hydrogen-bond acceptors (Lipinski definition) is 4. The fourth-order valence-corrected chi connectivity index (χ4v) is 6.53. The summed E-state index contributed by atoms with van der Waals surface area (Å²) >= 11 is 1.31. The number of rotatable bonds is 4. The van der Waals surface area contributed by atoms with Crippen LogP contribution in [0.15, 0.2) is 34.2 Å². The Morgan fingerprint density at radius 1 is 1.15 bits per heavy atom. The van der Waals surface area contributed by atoms with Gasteiger partial charge in [-0.15, -0.1) is 0 Å². The van der Waals surface area contributed by atoms with Crippen molar-refractivity contribution in [3.8, 4) is 0 Å². The number of nitrogens with one attached hydrogen (secondary N) is 2. The third-order valence-electron chi connectivity index (χ3n) is 6.37. The molecule has 1 aromatic heterocycles. The fraction of sp³-hybridized carbons (Fsp3) is 0.550. The van der Waals surface area contributed by atoms with Gasteiger partial charge in [0.15, 0.2) is 5.16 Å². The molecule has 0 aliphatic heterocycles. The zero-order chi connectivity index (χ0) is 17.7. The summed E-state index contributed by atoms with van der Waals surface area (Å²) < 4.78 is 0. The Balaban J connectivity index is 1.26. The zero-order valence-electron chi connectivity index (χ0n) is 14.7. The van der Waals surface area contributed by atoms with Crippen molar-refractivity contribution in [3.05, 3.63) is 34.6 Å². The van der Waals surface area contributed by atoms with Gasteiger partial charge in [0.25, 0.3) is 5.56 Å². The maximum Gasteiger partial charge on any atom is 0.259 e. The van der Waals surface area contributed by atoms with E-state index < -0.39 is 0 Å². The molecule has 0 unspecified atom stereocenters. The third-order valence-corrected chi connectivity index (χ3v) is 7.25. The molecule has 4 fully saturated rings. The summed E-state index contributed by atoms with van der Waals surface area (Å²) in [5.41, 5.74) is 0.552. The van der Waals surface area contributed by atoms with Crippen LogP contribution in [0.2, 0.25) is 0 Å². The normalized spacial score (nSPS) is 32.1. The molecule has 4 saturated carbocycles. The average Bonchev–Trinajstić information content (AvgIpc) is 2.58. The summed E-state index contributed by atoms with van der Waals surface area (Å²) in [7, 11) is 0. The fourth-order valence-electron chi connectivity index (χ4n) is 5.86. The van der Waals surface area contributed by atoms with E-state index in [0.29, 0.717) is 21.8 Å². The first-order valence-corrected chi connectivity index (χ1v) is 10.5. The molecule has 1 amide bonds. The molecule has 0 spiro atoms. The van der Waals surface area contributed by atoms with Crippen LogP contribution in [0.4, 0.5) is 0 Å². The number of nitrogens with zero attached hydrogens (tertiary/aromatic N) is 1. The summed E-state index contributed by atoms with van der Waals surface area (Å²) in [4.78, 5) is 32.0. The van der Waals surface area contributed by atoms with Gasteiger partial charge in [0, 0.05) is 5.54 Å². The van der Waals surface area contributed by atoms with Crippen LogP contribution in [-0.2, 0) is 4.79 Å². The largest absolute Gasteiger partial charge is 0.350 e. The number of aromatic amines is 1. The van der Waals surface area contributed by atoms with E-state index in [1.165, 1.54) is 31.0 Å². The van der Waals surface area contributed by atoms with E-state index in [9.17, 15) is 9.59 Å². The monoisotopic (exact) mass is 369 g/mol. The molecule has 0 radical (unpaired) electrons. The summed E-state index contributed by atoms with van der Waals surface area (Å²) in [6.07, 6.45) is 7.56. The van der Waals surface area contributed by atoms with Gasteiger partial charge in [0.2, 0.25) is 5.91 Å². The lowest BCUT2D eigenvalue weighted by atomic mass is 9.53. The van der Waals surface area contributed by atoms with Crippen LogP contribution < -0.4 is 10.9 Å². The smallest absolute Gasteiger partial charge is 0.259 e. The lowest BCUT2D eigenvalue weighted by Crippen LogP contribution is -2.60. The molecule has 0 atom stereocenters. The SMILES string of the molecule is O=C(CSc1nc2ccccc2c(=O)[nH]1)NC12CC3CC(CC(C3)C1)C2. The van der Waals surface area contributed by atoms with E-state index >= 15 is 0 Å². The minimum atomic E-state index is -0.153. The van der Waals surface area contributed by atoms with Crippen molar-refractivity contribution in [3.63, 3.8) is 0 Å². The van der Waals surface area contributed by atoms with Crippen LogP contribution in [0.3, 0.4) is 0 Å². The number of carbonyl (C=O) groups excluding carboxylic acids is 1. The number of fused-ring (bicyclic) bond motifs is 1. The van der Waals surface area contributed by atoms with E-state index in [2.05, 4.69) is 15.3 Å². The zero-order valence-corrected chi connectivity index (χ0v) is 15.5. The number of carbonyl (C=O) groups is 1. The average molecular weight is 369 g/mol. The molecule has 4 aliphatic rings. The molecule has 6 rings (SSSR count). The second-order valence-corrected chi connectivity index (χ2v) is 9.39. The molecule has 5 nitrogen and oxygen atoms in total. The Hall–Kier alpha value is -1.82. The van der Waals surface area contributed by atoms with Gasteiger partial charge in [0.05, 0.1) is 16.7 Å². The van der Waals surface area contributed by atoms with E-state index in [4.69, 9.17) is 0 Å². The topological polar surface area (TPSA) is 74.8 Å². The van der Waals surface area contributed by atoms with Crippen molar-refractivity contribution in [2.45, 2.75) is 49.2 Å². The van der Waals surface area contributed by atoms with Gasteiger partial charge in [-0.2, -0.15) is 0 Å². The third kappa shape index (κ3) is 2.94. The molecule has 26 heavy (non-hydrogen) atoms. The molecule has 1 heterocycles. The van der Waals surface area contributed by atoms with Crippen LogP contribution in [-0.4, -0.2) is 27.2 Å². The second kappa shape index (κ2) is 6.12. The number of thioether (sulfide) groups is 1. The predicted octanol–water partition coefficient (Wildman–Crippen LogP) is 3.10. The number of benzene rings is 1. The van der Waals surface area contributed by atoms with Crippen LogP contribution in [0, 0.1) is 17.8 Å². The van der Waals surface area contributed by atoms with Crippen molar-refractivity contribution in [2.24, 2.45) is 17.8 Å². The van der Waals surface area contributed by atoms with Gasteiger partial charge in [-0.05, 0) is 68.4 Å². The van der Waals surface area contributed by atoms with Crippen LogP contribution in [0.1, 0.15) is 38.5 Å². The maximum absolute atomic E-state index is 12.6. The molecule has 4 bridgehead atoms. The van der Waals surface area contributed by atoms with Crippen molar-refractivity contribution < 1.29 is 4.79 Å². The summed E-state index contributed by atoms with van der Waals surface area (Å²) in [6.45, 7) is 0. The number of aromatic nitrogens is 2. The van der Waals surface area contributed by atoms with E-state index in [1.54, 1.807) is 6.07 Å². The Morgan fingerprint density at radius 3 is 2.50 bits per heavy atom. The standard InChI is InChI=1S/C20H23N3O2S/c24-17(23-20-8-12-5-13(9-20)7-14(6-12)10-20)11-26-19-21-16-4-2-1-3-15(16)18(25)22-19/h1-4,12-14H,5-11H2,(H,23,24)(H,21,22,25). The molecular weight excluding hydrogens is 346 g/mol. The highest BCUT2D eigenvalue weighted by Gasteiger charge is 2.51. The number of H-pyrrole nitrogens is 1. The Morgan fingerprint density at radius 2 is 1.81 bits per heavy atom. The second-order valence-electron chi connectivity index (χ2n) is 8.42. The lowest BCUT2D eigenvalue weighted by molar-refractivity contribution is -0.124. The highest BCUT2D eigenvalue weighted by atomic mass is 32.2. The molecule has 136 valence electrons. The van der Waals surface area contributed by atoms with E-state index in [0.717, 1.165) is 37.0 Å².